The Bertz CT molecular complexity index is 577. The Labute approximate surface area is 152 Å². The molecule has 0 radical (unpaired) electrons. The van der Waals surface area contributed by atoms with Gasteiger partial charge in [-0.2, -0.15) is 13.2 Å². The number of hydrogen-bond acceptors (Lipinski definition) is 2. The topological polar surface area (TPSA) is 41.1 Å². The Balaban J connectivity index is 0.00000225. The quantitative estimate of drug-likeness (QED) is 0.829. The fourth-order valence-corrected chi connectivity index (χ4v) is 3.88. The minimum absolute atomic E-state index is 0. The van der Waals surface area contributed by atoms with Crippen LogP contribution < -0.4 is 10.6 Å². The number of nitrogens with one attached hydrogen (secondary N) is 2. The maximum Gasteiger partial charge on any atom is 0.416 e. The second-order valence-corrected chi connectivity index (χ2v) is 6.96. The van der Waals surface area contributed by atoms with Crippen LogP contribution in [0.1, 0.15) is 56.2 Å². The van der Waals surface area contributed by atoms with E-state index in [1.807, 2.05) is 0 Å². The minimum Gasteiger partial charge on any atom is -0.348 e. The lowest BCUT2D eigenvalue weighted by molar-refractivity contribution is -0.137. The lowest BCUT2D eigenvalue weighted by Crippen LogP contribution is -2.43. The van der Waals surface area contributed by atoms with E-state index in [-0.39, 0.29) is 30.4 Å². The molecule has 2 fully saturated rings. The van der Waals surface area contributed by atoms with Gasteiger partial charge in [-0.25, -0.2) is 0 Å². The maximum absolute atomic E-state index is 12.6. The van der Waals surface area contributed by atoms with Crippen LogP contribution in [0, 0.1) is 5.92 Å². The number of carbonyl (C=O) groups excluding carboxylic acids is 1. The van der Waals surface area contributed by atoms with Crippen LogP contribution in [-0.4, -0.2) is 18.0 Å². The van der Waals surface area contributed by atoms with Crippen LogP contribution >= 0.6 is 12.4 Å². The Morgan fingerprint density at radius 1 is 1.20 bits per heavy atom. The van der Waals surface area contributed by atoms with E-state index >= 15 is 0 Å². The van der Waals surface area contributed by atoms with Crippen molar-refractivity contribution in [1.29, 1.82) is 0 Å². The first-order chi connectivity index (χ1) is 11.3. The molecule has 0 aromatic heterocycles. The lowest BCUT2D eigenvalue weighted by Gasteiger charge is -2.24. The van der Waals surface area contributed by atoms with Crippen molar-refractivity contribution in [3.8, 4) is 0 Å². The summed E-state index contributed by atoms with van der Waals surface area (Å²) < 4.78 is 37.8. The van der Waals surface area contributed by atoms with Gasteiger partial charge >= 0.3 is 6.18 Å². The highest BCUT2D eigenvalue weighted by atomic mass is 35.5. The van der Waals surface area contributed by atoms with E-state index in [1.165, 1.54) is 31.4 Å². The van der Waals surface area contributed by atoms with Gasteiger partial charge in [0.2, 0.25) is 5.91 Å². The van der Waals surface area contributed by atoms with Crippen molar-refractivity contribution in [3.63, 3.8) is 0 Å². The van der Waals surface area contributed by atoms with E-state index in [0.717, 1.165) is 25.0 Å². The first-order valence-corrected chi connectivity index (χ1v) is 8.58. The smallest absolute Gasteiger partial charge is 0.348 e. The Hall–Kier alpha value is -1.27. The molecular formula is C18H24ClF3N2O. The van der Waals surface area contributed by atoms with Crippen molar-refractivity contribution >= 4 is 18.3 Å². The minimum atomic E-state index is -4.34. The number of amides is 1. The molecule has 4 unspecified atom stereocenters. The van der Waals surface area contributed by atoms with Crippen molar-refractivity contribution in [2.75, 3.05) is 0 Å². The van der Waals surface area contributed by atoms with E-state index in [0.29, 0.717) is 17.5 Å². The largest absolute Gasteiger partial charge is 0.416 e. The first kappa shape index (κ1) is 20.0. The molecule has 1 aromatic carbocycles. The zero-order valence-corrected chi connectivity index (χ0v) is 14.9. The zero-order chi connectivity index (χ0) is 17.3. The van der Waals surface area contributed by atoms with Crippen LogP contribution in [0.4, 0.5) is 13.2 Å². The molecule has 1 amide bonds. The van der Waals surface area contributed by atoms with Gasteiger partial charge in [0.25, 0.3) is 0 Å². The highest BCUT2D eigenvalue weighted by Gasteiger charge is 2.38. The van der Waals surface area contributed by atoms with Crippen molar-refractivity contribution in [3.05, 3.63) is 35.4 Å². The number of halogens is 4. The fourth-order valence-electron chi connectivity index (χ4n) is 3.88. The number of fused-ring (bicyclic) bond motifs is 1. The molecule has 0 spiro atoms. The van der Waals surface area contributed by atoms with Gasteiger partial charge in [0.1, 0.15) is 0 Å². The number of rotatable bonds is 3. The van der Waals surface area contributed by atoms with Crippen molar-refractivity contribution in [1.82, 2.24) is 10.6 Å². The number of hydrogen-bond donors (Lipinski definition) is 2. The molecule has 3 rings (SSSR count). The number of benzene rings is 1. The molecule has 1 saturated carbocycles. The summed E-state index contributed by atoms with van der Waals surface area (Å²) in [6, 6.07) is 4.90. The second kappa shape index (κ2) is 7.96. The van der Waals surface area contributed by atoms with Gasteiger partial charge in [0, 0.05) is 6.04 Å². The summed E-state index contributed by atoms with van der Waals surface area (Å²) in [7, 11) is 0. The van der Waals surface area contributed by atoms with Gasteiger partial charge in [0.15, 0.2) is 0 Å². The van der Waals surface area contributed by atoms with Gasteiger partial charge in [-0.15, -0.1) is 12.4 Å². The van der Waals surface area contributed by atoms with Crippen LogP contribution in [0.5, 0.6) is 0 Å². The third kappa shape index (κ3) is 4.67. The van der Waals surface area contributed by atoms with E-state index in [9.17, 15) is 18.0 Å². The summed E-state index contributed by atoms with van der Waals surface area (Å²) in [5, 5.41) is 6.34. The highest BCUT2D eigenvalue weighted by molar-refractivity contribution is 5.85. The summed E-state index contributed by atoms with van der Waals surface area (Å²) in [6.45, 7) is 1.79. The molecule has 2 aliphatic rings. The normalized spacial score (nSPS) is 27.1. The molecule has 1 aliphatic heterocycles. The molecule has 1 aromatic rings. The standard InChI is InChI=1S/C18H23F3N2O.ClH/c1-11(12-6-8-14(9-7-12)18(19,20)21)22-17(24)16-10-13-4-2-3-5-15(13)23-16;/h6-9,11,13,15-16,23H,2-5,10H2,1H3,(H,22,24);1H. The van der Waals surface area contributed by atoms with Crippen molar-refractivity contribution in [2.45, 2.75) is 63.3 Å². The summed E-state index contributed by atoms with van der Waals surface area (Å²) in [5.74, 6) is 0.521. The average Bonchev–Trinajstić information content (AvgIpc) is 2.98. The predicted octanol–water partition coefficient (Wildman–Crippen LogP) is 4.23. The summed E-state index contributed by atoms with van der Waals surface area (Å²) in [4.78, 5) is 12.4. The van der Waals surface area contributed by atoms with E-state index in [1.54, 1.807) is 6.92 Å². The molecule has 7 heteroatoms. The van der Waals surface area contributed by atoms with Crippen LogP contribution in [0.2, 0.25) is 0 Å². The molecule has 2 N–H and O–H groups in total. The summed E-state index contributed by atoms with van der Waals surface area (Å²) >= 11 is 0. The average molecular weight is 377 g/mol. The number of alkyl halides is 3. The molecule has 1 heterocycles. The third-order valence-electron chi connectivity index (χ3n) is 5.28. The van der Waals surface area contributed by atoms with Gasteiger partial charge < -0.3 is 10.6 Å². The maximum atomic E-state index is 12.6. The SMILES string of the molecule is CC(NC(=O)C1CC2CCCCC2N1)c1ccc(C(F)(F)F)cc1.Cl. The van der Waals surface area contributed by atoms with Gasteiger partial charge in [-0.1, -0.05) is 25.0 Å². The monoisotopic (exact) mass is 376 g/mol. The lowest BCUT2D eigenvalue weighted by atomic mass is 9.85. The molecule has 0 bridgehead atoms. The molecule has 25 heavy (non-hydrogen) atoms. The van der Waals surface area contributed by atoms with E-state index in [4.69, 9.17) is 0 Å². The van der Waals surface area contributed by atoms with Crippen LogP contribution in [0.25, 0.3) is 0 Å². The van der Waals surface area contributed by atoms with E-state index < -0.39 is 11.7 Å². The van der Waals surface area contributed by atoms with Gasteiger partial charge in [-0.05, 0) is 49.8 Å². The molecule has 3 nitrogen and oxygen atoms in total. The second-order valence-electron chi connectivity index (χ2n) is 6.96. The number of carbonyl (C=O) groups is 1. The van der Waals surface area contributed by atoms with E-state index in [2.05, 4.69) is 10.6 Å². The van der Waals surface area contributed by atoms with Crippen LogP contribution in [0.3, 0.4) is 0 Å². The van der Waals surface area contributed by atoms with Gasteiger partial charge in [0.05, 0.1) is 17.6 Å². The van der Waals surface area contributed by atoms with Crippen LogP contribution in [-0.2, 0) is 11.0 Å². The first-order valence-electron chi connectivity index (χ1n) is 8.58. The fraction of sp³-hybridized carbons (Fsp3) is 0.611. The highest BCUT2D eigenvalue weighted by Crippen LogP contribution is 2.33. The Morgan fingerprint density at radius 2 is 1.84 bits per heavy atom. The Morgan fingerprint density at radius 3 is 2.44 bits per heavy atom. The molecule has 4 atom stereocenters. The van der Waals surface area contributed by atoms with Crippen molar-refractivity contribution < 1.29 is 18.0 Å². The van der Waals surface area contributed by atoms with Gasteiger partial charge in [-0.3, -0.25) is 4.79 Å². The molecular weight excluding hydrogens is 353 g/mol. The predicted molar refractivity (Wildman–Crippen MR) is 92.5 cm³/mol. The van der Waals surface area contributed by atoms with Crippen LogP contribution in [0.15, 0.2) is 24.3 Å². The summed E-state index contributed by atoms with van der Waals surface area (Å²) in [5.41, 5.74) is -0.00178. The van der Waals surface area contributed by atoms with Crippen molar-refractivity contribution in [2.24, 2.45) is 5.92 Å². The third-order valence-corrected chi connectivity index (χ3v) is 5.28. The molecule has 140 valence electrons. The molecule has 1 aliphatic carbocycles. The zero-order valence-electron chi connectivity index (χ0n) is 14.1. The Kier molecular flexibility index (Phi) is 6.38. The molecule has 1 saturated heterocycles. The summed E-state index contributed by atoms with van der Waals surface area (Å²) in [6.07, 6.45) is 1.27.